The number of hydrogen-bond acceptors (Lipinski definition) is 4. The van der Waals surface area contributed by atoms with Crippen molar-refractivity contribution in [3.05, 3.63) is 64.7 Å². The van der Waals surface area contributed by atoms with E-state index in [1.165, 1.54) is 10.6 Å². The molecule has 0 saturated heterocycles. The number of aryl methyl sites for hydroxylation is 3. The summed E-state index contributed by atoms with van der Waals surface area (Å²) in [7, 11) is -1.96. The van der Waals surface area contributed by atoms with Crippen molar-refractivity contribution in [2.75, 3.05) is 24.2 Å². The number of nitrogens with one attached hydrogen (secondary N) is 1. The minimum absolute atomic E-state index is 0.129. The standard InChI is InChI=1S/C25H35N3O4S/c1-18-13-14-23(16-20(18)3)28(33(6,31)32)15-9-12-24(29)27(21(4)25(30)26-5)17-22-11-8-7-10-19(22)2/h7-8,10-11,13-14,16,21H,9,12,15,17H2,1-6H3,(H,26,30). The molecule has 180 valence electrons. The molecular formula is C25H35N3O4S. The largest absolute Gasteiger partial charge is 0.357 e. The number of benzene rings is 2. The number of hydrogen-bond donors (Lipinski definition) is 1. The van der Waals surface area contributed by atoms with E-state index < -0.39 is 16.1 Å². The Labute approximate surface area is 197 Å². The van der Waals surface area contributed by atoms with Crippen LogP contribution < -0.4 is 9.62 Å². The Morgan fingerprint density at radius 2 is 1.67 bits per heavy atom. The van der Waals surface area contributed by atoms with Crippen LogP contribution in [0.4, 0.5) is 5.69 Å². The van der Waals surface area contributed by atoms with Crippen molar-refractivity contribution in [2.24, 2.45) is 0 Å². The van der Waals surface area contributed by atoms with E-state index in [-0.39, 0.29) is 24.8 Å². The highest BCUT2D eigenvalue weighted by Gasteiger charge is 2.26. The van der Waals surface area contributed by atoms with Gasteiger partial charge in [0.15, 0.2) is 0 Å². The van der Waals surface area contributed by atoms with E-state index in [4.69, 9.17) is 0 Å². The molecule has 0 spiro atoms. The van der Waals surface area contributed by atoms with Gasteiger partial charge < -0.3 is 10.2 Å². The van der Waals surface area contributed by atoms with Crippen LogP contribution in [0.15, 0.2) is 42.5 Å². The van der Waals surface area contributed by atoms with Crippen molar-refractivity contribution in [3.63, 3.8) is 0 Å². The summed E-state index contributed by atoms with van der Waals surface area (Å²) in [5.41, 5.74) is 4.67. The van der Waals surface area contributed by atoms with Crippen molar-refractivity contribution in [1.29, 1.82) is 0 Å². The normalized spacial score (nSPS) is 12.2. The van der Waals surface area contributed by atoms with Gasteiger partial charge in [-0.25, -0.2) is 8.42 Å². The predicted octanol–water partition coefficient (Wildman–Crippen LogP) is 3.32. The van der Waals surface area contributed by atoms with Crippen LogP contribution in [0.3, 0.4) is 0 Å². The molecule has 1 N–H and O–H groups in total. The lowest BCUT2D eigenvalue weighted by atomic mass is 10.1. The molecule has 2 amide bonds. The summed E-state index contributed by atoms with van der Waals surface area (Å²) in [6, 6.07) is 12.6. The Morgan fingerprint density at radius 3 is 2.24 bits per heavy atom. The van der Waals surface area contributed by atoms with E-state index in [2.05, 4.69) is 5.32 Å². The minimum atomic E-state index is -3.51. The highest BCUT2D eigenvalue weighted by molar-refractivity contribution is 7.92. The molecule has 33 heavy (non-hydrogen) atoms. The van der Waals surface area contributed by atoms with E-state index in [1.54, 1.807) is 24.9 Å². The van der Waals surface area contributed by atoms with Crippen LogP contribution in [-0.4, -0.2) is 51.0 Å². The van der Waals surface area contributed by atoms with Crippen molar-refractivity contribution in [1.82, 2.24) is 10.2 Å². The quantitative estimate of drug-likeness (QED) is 0.574. The van der Waals surface area contributed by atoms with Crippen LogP contribution in [0.1, 0.15) is 42.0 Å². The zero-order valence-electron chi connectivity index (χ0n) is 20.4. The van der Waals surface area contributed by atoms with Gasteiger partial charge >= 0.3 is 0 Å². The molecule has 0 aromatic heterocycles. The van der Waals surface area contributed by atoms with Gasteiger partial charge in [-0.05, 0) is 68.5 Å². The molecule has 2 aromatic carbocycles. The second-order valence-electron chi connectivity index (χ2n) is 8.45. The number of amides is 2. The van der Waals surface area contributed by atoms with E-state index in [1.807, 2.05) is 57.2 Å². The Hall–Kier alpha value is -2.87. The number of likely N-dealkylation sites (N-methyl/N-ethyl adjacent to an activating group) is 1. The number of rotatable bonds is 10. The molecule has 2 rings (SSSR count). The number of carbonyl (C=O) groups is 2. The van der Waals surface area contributed by atoms with Gasteiger partial charge in [0.25, 0.3) is 0 Å². The van der Waals surface area contributed by atoms with Crippen molar-refractivity contribution in [2.45, 2.75) is 53.1 Å². The lowest BCUT2D eigenvalue weighted by molar-refractivity contribution is -0.140. The van der Waals surface area contributed by atoms with Crippen LogP contribution in [0.2, 0.25) is 0 Å². The monoisotopic (exact) mass is 473 g/mol. The zero-order chi connectivity index (χ0) is 24.8. The number of nitrogens with zero attached hydrogens (tertiary/aromatic N) is 2. The molecular weight excluding hydrogens is 438 g/mol. The fourth-order valence-corrected chi connectivity index (χ4v) is 4.60. The van der Waals surface area contributed by atoms with Crippen molar-refractivity contribution >= 4 is 27.5 Å². The average Bonchev–Trinajstić information content (AvgIpc) is 2.76. The molecule has 0 saturated carbocycles. The van der Waals surface area contributed by atoms with Crippen molar-refractivity contribution < 1.29 is 18.0 Å². The first-order valence-corrected chi connectivity index (χ1v) is 12.9. The fraction of sp³-hybridized carbons (Fsp3) is 0.440. The van der Waals surface area contributed by atoms with Crippen LogP contribution >= 0.6 is 0 Å². The topological polar surface area (TPSA) is 86.8 Å². The summed E-state index contributed by atoms with van der Waals surface area (Å²) in [6.45, 7) is 8.07. The number of anilines is 1. The van der Waals surface area contributed by atoms with Crippen molar-refractivity contribution in [3.8, 4) is 0 Å². The lowest BCUT2D eigenvalue weighted by Crippen LogP contribution is -2.47. The summed E-state index contributed by atoms with van der Waals surface area (Å²) in [6.07, 6.45) is 1.63. The van der Waals surface area contributed by atoms with Gasteiger partial charge in [0.05, 0.1) is 11.9 Å². The Kier molecular flexibility index (Phi) is 9.05. The van der Waals surface area contributed by atoms with E-state index in [0.29, 0.717) is 18.7 Å². The summed E-state index contributed by atoms with van der Waals surface area (Å²) in [4.78, 5) is 27.0. The van der Waals surface area contributed by atoms with Gasteiger partial charge in [-0.1, -0.05) is 30.3 Å². The van der Waals surface area contributed by atoms with Gasteiger partial charge in [-0.15, -0.1) is 0 Å². The minimum Gasteiger partial charge on any atom is -0.357 e. The maximum Gasteiger partial charge on any atom is 0.242 e. The SMILES string of the molecule is CNC(=O)C(C)N(Cc1ccccc1C)C(=O)CCCN(c1ccc(C)c(C)c1)S(C)(=O)=O. The highest BCUT2D eigenvalue weighted by Crippen LogP contribution is 2.22. The predicted molar refractivity (Wildman–Crippen MR) is 133 cm³/mol. The first-order chi connectivity index (χ1) is 15.5. The lowest BCUT2D eigenvalue weighted by Gasteiger charge is -2.29. The van der Waals surface area contributed by atoms with Crippen LogP contribution in [-0.2, 0) is 26.2 Å². The molecule has 0 aliphatic heterocycles. The molecule has 0 heterocycles. The molecule has 0 aliphatic rings. The summed E-state index contributed by atoms with van der Waals surface area (Å²) < 4.78 is 26.2. The summed E-state index contributed by atoms with van der Waals surface area (Å²) >= 11 is 0. The van der Waals surface area contributed by atoms with Crippen LogP contribution in [0.25, 0.3) is 0 Å². The van der Waals surface area contributed by atoms with Gasteiger partial charge in [0, 0.05) is 26.6 Å². The number of sulfonamides is 1. The van der Waals surface area contributed by atoms with Crippen LogP contribution in [0.5, 0.6) is 0 Å². The highest BCUT2D eigenvalue weighted by atomic mass is 32.2. The molecule has 0 radical (unpaired) electrons. The maximum atomic E-state index is 13.2. The summed E-state index contributed by atoms with van der Waals surface area (Å²) in [5, 5.41) is 2.61. The fourth-order valence-electron chi connectivity index (χ4n) is 3.65. The van der Waals surface area contributed by atoms with Crippen LogP contribution in [0, 0.1) is 20.8 Å². The number of carbonyl (C=O) groups excluding carboxylic acids is 2. The molecule has 1 unspecified atom stereocenters. The van der Waals surface area contributed by atoms with Gasteiger partial charge in [0.1, 0.15) is 6.04 Å². The average molecular weight is 474 g/mol. The third-order valence-corrected chi connectivity index (χ3v) is 7.14. The second kappa shape index (κ2) is 11.3. The first kappa shape index (κ1) is 26.4. The summed E-state index contributed by atoms with van der Waals surface area (Å²) in [5.74, 6) is -0.437. The van der Waals surface area contributed by atoms with Gasteiger partial charge in [-0.2, -0.15) is 0 Å². The molecule has 2 aromatic rings. The Balaban J connectivity index is 2.17. The maximum absolute atomic E-state index is 13.2. The Morgan fingerprint density at radius 1 is 1.00 bits per heavy atom. The molecule has 8 heteroatoms. The Bertz CT molecular complexity index is 1100. The molecule has 7 nitrogen and oxygen atoms in total. The molecule has 1 atom stereocenters. The first-order valence-electron chi connectivity index (χ1n) is 11.1. The third-order valence-electron chi connectivity index (χ3n) is 5.95. The third kappa shape index (κ3) is 7.05. The second-order valence-corrected chi connectivity index (χ2v) is 10.4. The van der Waals surface area contributed by atoms with E-state index in [0.717, 1.165) is 22.3 Å². The molecule has 0 aliphatic carbocycles. The van der Waals surface area contributed by atoms with Gasteiger partial charge in [0.2, 0.25) is 21.8 Å². The molecule has 0 bridgehead atoms. The molecule has 0 fully saturated rings. The smallest absolute Gasteiger partial charge is 0.242 e. The van der Waals surface area contributed by atoms with Gasteiger partial charge in [-0.3, -0.25) is 13.9 Å². The zero-order valence-corrected chi connectivity index (χ0v) is 21.2. The van der Waals surface area contributed by atoms with E-state index >= 15 is 0 Å². The van der Waals surface area contributed by atoms with E-state index in [9.17, 15) is 18.0 Å².